The zero-order valence-corrected chi connectivity index (χ0v) is 30.4. The molecule has 2 saturated carbocycles. The molecule has 4 aromatic rings. The standard InChI is InChI=1S/2C17H14P.CH2Cl2.2ClH.Fe.Pd/c2*1-3-9-15(10-4-1)18(17-13-7-8-14-17)16-11-5-2-6-12-16;2-1-3;;;;/h2*1-14H;1H2;2*1H;;/q;;;;;;+2/p-2. The van der Waals surface area contributed by atoms with Crippen molar-refractivity contribution < 1.29 is 33.0 Å². The van der Waals surface area contributed by atoms with E-state index in [9.17, 15) is 0 Å². The van der Waals surface area contributed by atoms with E-state index >= 15 is 0 Å². The fraction of sp³-hybridized carbons (Fsp3) is 0.0286. The molecule has 0 spiro atoms. The van der Waals surface area contributed by atoms with Crippen molar-refractivity contribution in [1.29, 1.82) is 0 Å². The molecule has 0 aromatic heterocycles. The summed E-state index contributed by atoms with van der Waals surface area (Å²) in [6.07, 6.45) is 17.4. The predicted molar refractivity (Wildman–Crippen MR) is 187 cm³/mol. The van der Waals surface area contributed by atoms with Gasteiger partial charge in [0, 0.05) is 28.4 Å². The summed E-state index contributed by atoms with van der Waals surface area (Å²) >= 11 is 9.42. The largest absolute Gasteiger partial charge is 0 e. The molecule has 0 nitrogen and oxygen atoms in total. The Hall–Kier alpha value is 0.0818. The monoisotopic (exact) mass is 814 g/mol. The maximum Gasteiger partial charge on any atom is 0 e. The van der Waals surface area contributed by atoms with Crippen molar-refractivity contribution in [2.45, 2.75) is 0 Å². The van der Waals surface area contributed by atoms with Gasteiger partial charge in [0.15, 0.2) is 0 Å². The van der Waals surface area contributed by atoms with Gasteiger partial charge in [-0.05, 0) is 88.4 Å². The molecule has 2 fully saturated rings. The van der Waals surface area contributed by atoms with Gasteiger partial charge >= 0.3 is 35.0 Å². The molecular formula is C35H30Cl4FeP2Pd. The van der Waals surface area contributed by atoms with Gasteiger partial charge < -0.3 is 0 Å². The normalized spacial score (nSPS) is 14.6. The number of benzene rings is 4. The Balaban J connectivity index is 0.000000249. The average Bonchev–Trinajstić information content (AvgIpc) is 3.77. The molecule has 8 heteroatoms. The van der Waals surface area contributed by atoms with E-state index in [2.05, 4.69) is 173 Å². The third kappa shape index (κ3) is 13.8. The van der Waals surface area contributed by atoms with Gasteiger partial charge in [0.2, 0.25) is 0 Å². The van der Waals surface area contributed by atoms with Crippen molar-refractivity contribution >= 4 is 79.3 Å². The quantitative estimate of drug-likeness (QED) is 0.103. The second-order valence-corrected chi connectivity index (χ2v) is 16.1. The predicted octanol–water partition coefficient (Wildman–Crippen LogP) is 9.76. The molecule has 4 aromatic carbocycles. The third-order valence-corrected chi connectivity index (χ3v) is 10.8. The van der Waals surface area contributed by atoms with Crippen molar-refractivity contribution in [1.82, 2.24) is 0 Å². The molecular weight excluding hydrogens is 786 g/mol. The Kier molecular flexibility index (Phi) is 22.2. The van der Waals surface area contributed by atoms with Gasteiger partial charge in [-0.1, -0.05) is 121 Å². The van der Waals surface area contributed by atoms with Crippen LogP contribution >= 0.6 is 58.1 Å². The Bertz CT molecular complexity index is 1020. The molecule has 0 aliphatic heterocycles. The Morgan fingerprint density at radius 1 is 0.419 bits per heavy atom. The van der Waals surface area contributed by atoms with E-state index in [1.807, 2.05) is 0 Å². The molecule has 0 unspecified atom stereocenters. The fourth-order valence-corrected chi connectivity index (χ4v) is 8.84. The van der Waals surface area contributed by atoms with Gasteiger partial charge in [0.05, 0.1) is 5.34 Å². The van der Waals surface area contributed by atoms with Gasteiger partial charge in [-0.2, -0.15) is 0 Å². The van der Waals surface area contributed by atoms with E-state index in [0.717, 1.165) is 0 Å². The summed E-state index contributed by atoms with van der Waals surface area (Å²) in [6.45, 7) is 0. The summed E-state index contributed by atoms with van der Waals surface area (Å²) in [7, 11) is 8.81. The molecule has 226 valence electrons. The summed E-state index contributed by atoms with van der Waals surface area (Å²) in [5, 5.41) is 5.82. The van der Waals surface area contributed by atoms with E-state index in [1.165, 1.54) is 32.5 Å². The van der Waals surface area contributed by atoms with E-state index in [1.54, 1.807) is 0 Å². The van der Waals surface area contributed by atoms with Gasteiger partial charge in [-0.3, -0.25) is 0 Å². The van der Waals surface area contributed by atoms with Crippen molar-refractivity contribution in [3.05, 3.63) is 184 Å². The van der Waals surface area contributed by atoms with Crippen LogP contribution in [0, 0.1) is 62.7 Å². The zero-order chi connectivity index (χ0) is 29.8. The molecule has 43 heavy (non-hydrogen) atoms. The second kappa shape index (κ2) is 24.3. The van der Waals surface area contributed by atoms with Crippen LogP contribution in [0.3, 0.4) is 0 Å². The minimum atomic E-state index is -0.409. The van der Waals surface area contributed by atoms with Crippen LogP contribution in [0.15, 0.2) is 121 Å². The molecule has 0 heterocycles. The molecule has 10 radical (unpaired) electrons. The van der Waals surface area contributed by atoms with E-state index in [-0.39, 0.29) is 38.3 Å². The minimum Gasteiger partial charge on any atom is 0 e. The van der Waals surface area contributed by atoms with Crippen LogP contribution in [0.4, 0.5) is 0 Å². The number of hydrogen-bond acceptors (Lipinski definition) is 0. The number of hydrogen-bond donors (Lipinski definition) is 0. The van der Waals surface area contributed by atoms with Gasteiger partial charge in [0.1, 0.15) is 0 Å². The summed E-state index contributed by atoms with van der Waals surface area (Å²) < 4.78 is 0. The van der Waals surface area contributed by atoms with Gasteiger partial charge in [0.25, 0.3) is 0 Å². The molecule has 2 aliphatic rings. The first kappa shape index (κ1) is 39.3. The minimum absolute atomic E-state index is 0. The smallest absolute Gasteiger partial charge is 0 e. The first-order chi connectivity index (χ1) is 20.7. The molecule has 0 atom stereocenters. The first-order valence-corrected chi connectivity index (χ1v) is 20.7. The molecule has 2 aliphatic carbocycles. The summed E-state index contributed by atoms with van der Waals surface area (Å²) in [4.78, 5) is 0. The maximum absolute atomic E-state index is 4.81. The molecule has 6 rings (SSSR count). The number of alkyl halides is 2. The van der Waals surface area contributed by atoms with Crippen LogP contribution < -0.4 is 21.2 Å². The third-order valence-electron chi connectivity index (χ3n) is 5.86. The number of rotatable bonds is 6. The van der Waals surface area contributed by atoms with Crippen LogP contribution in [0.2, 0.25) is 0 Å². The van der Waals surface area contributed by atoms with E-state index in [4.69, 9.17) is 42.3 Å². The van der Waals surface area contributed by atoms with Crippen LogP contribution in [0.5, 0.6) is 0 Å². The Labute approximate surface area is 299 Å². The summed E-state index contributed by atoms with van der Waals surface area (Å²) in [5.41, 5.74) is 2.84. The van der Waals surface area contributed by atoms with Gasteiger partial charge in [-0.25, -0.2) is 0 Å². The van der Waals surface area contributed by atoms with Crippen LogP contribution in [0.25, 0.3) is 0 Å². The maximum atomic E-state index is 4.81. The molecule has 0 saturated heterocycles. The molecule has 0 N–H and O–H groups in total. The van der Waals surface area contributed by atoms with Gasteiger partial charge in [-0.15, -0.1) is 23.2 Å². The van der Waals surface area contributed by atoms with Crippen LogP contribution in [0.1, 0.15) is 0 Å². The van der Waals surface area contributed by atoms with Crippen molar-refractivity contribution in [3.8, 4) is 0 Å². The number of halogens is 4. The molecule has 0 bridgehead atoms. The Morgan fingerprint density at radius 2 is 0.605 bits per heavy atom. The van der Waals surface area contributed by atoms with E-state index in [0.29, 0.717) is 0 Å². The van der Waals surface area contributed by atoms with Crippen molar-refractivity contribution in [2.75, 3.05) is 5.34 Å². The van der Waals surface area contributed by atoms with Crippen LogP contribution in [-0.4, -0.2) is 5.34 Å². The average molecular weight is 817 g/mol. The fourth-order valence-electron chi connectivity index (χ4n) is 4.23. The van der Waals surface area contributed by atoms with Crippen molar-refractivity contribution in [2.24, 2.45) is 0 Å². The SMILES string of the molecule is ClCCl.[CH]1[CH][CH][C](P(c2ccccc2)c2ccccc2)[CH]1.[CH]1[CH][CH][C](P(c2ccccc2)c2ccccc2)[CH]1.[Cl][Pd][Cl].[Fe]. The van der Waals surface area contributed by atoms with Crippen LogP contribution in [-0.2, 0) is 33.0 Å². The first-order valence-electron chi connectivity index (χ1n) is 12.9. The Morgan fingerprint density at radius 3 is 0.791 bits per heavy atom. The second-order valence-electron chi connectivity index (χ2n) is 8.45. The summed E-state index contributed by atoms with van der Waals surface area (Å²) in [6, 6.07) is 43.1. The van der Waals surface area contributed by atoms with E-state index < -0.39 is 15.8 Å². The topological polar surface area (TPSA) is 0 Å². The summed E-state index contributed by atoms with van der Waals surface area (Å²) in [5.74, 6) is 0. The zero-order valence-electron chi connectivity index (χ0n) is 22.9. The molecule has 0 amide bonds. The van der Waals surface area contributed by atoms with Crippen molar-refractivity contribution in [3.63, 3.8) is 0 Å².